The van der Waals surface area contributed by atoms with Crippen molar-refractivity contribution < 1.29 is 13.5 Å². The van der Waals surface area contributed by atoms with Gasteiger partial charge in [0.15, 0.2) is 9.84 Å². The SMILES string of the molecule is N#Cc1ccc(S(=O)(=O)C[C@@H](O)[C@@H]2CCCN2)cc1. The Labute approximate surface area is 112 Å². The van der Waals surface area contributed by atoms with Crippen molar-refractivity contribution >= 4 is 9.84 Å². The molecule has 1 aliphatic rings. The van der Waals surface area contributed by atoms with E-state index in [4.69, 9.17) is 5.26 Å². The van der Waals surface area contributed by atoms with E-state index in [2.05, 4.69) is 5.32 Å². The number of sulfone groups is 1. The Morgan fingerprint density at radius 1 is 1.42 bits per heavy atom. The van der Waals surface area contributed by atoms with Crippen LogP contribution in [-0.4, -0.2) is 38.0 Å². The van der Waals surface area contributed by atoms with Crippen LogP contribution in [0.1, 0.15) is 18.4 Å². The molecule has 0 spiro atoms. The number of aliphatic hydroxyl groups excluding tert-OH is 1. The summed E-state index contributed by atoms with van der Waals surface area (Å²) in [6.07, 6.45) is 0.853. The predicted molar refractivity (Wildman–Crippen MR) is 70.2 cm³/mol. The van der Waals surface area contributed by atoms with E-state index < -0.39 is 15.9 Å². The Hall–Kier alpha value is -1.42. The van der Waals surface area contributed by atoms with E-state index in [0.29, 0.717) is 5.56 Å². The van der Waals surface area contributed by atoms with Crippen LogP contribution in [0.5, 0.6) is 0 Å². The number of hydrogen-bond acceptors (Lipinski definition) is 5. The van der Waals surface area contributed by atoms with E-state index in [1.54, 1.807) is 0 Å². The summed E-state index contributed by atoms with van der Waals surface area (Å²) in [5.41, 5.74) is 0.414. The zero-order valence-electron chi connectivity index (χ0n) is 10.4. The largest absolute Gasteiger partial charge is 0.390 e. The van der Waals surface area contributed by atoms with Gasteiger partial charge >= 0.3 is 0 Å². The second kappa shape index (κ2) is 5.70. The minimum absolute atomic E-state index is 0.142. The molecule has 1 saturated heterocycles. The average molecular weight is 280 g/mol. The second-order valence-corrected chi connectivity index (χ2v) is 6.72. The molecule has 5 nitrogen and oxygen atoms in total. The molecule has 0 bridgehead atoms. The van der Waals surface area contributed by atoms with Gasteiger partial charge in [0.1, 0.15) is 0 Å². The molecular formula is C13H16N2O3S. The first-order valence-electron chi connectivity index (χ1n) is 6.17. The Morgan fingerprint density at radius 2 is 2.11 bits per heavy atom. The quantitative estimate of drug-likeness (QED) is 0.835. The highest BCUT2D eigenvalue weighted by Crippen LogP contribution is 2.17. The maximum Gasteiger partial charge on any atom is 0.180 e. The van der Waals surface area contributed by atoms with E-state index in [0.717, 1.165) is 19.4 Å². The zero-order chi connectivity index (χ0) is 13.9. The molecule has 6 heteroatoms. The third-order valence-corrected chi connectivity index (χ3v) is 5.07. The summed E-state index contributed by atoms with van der Waals surface area (Å²) in [5, 5.41) is 21.7. The monoisotopic (exact) mass is 280 g/mol. The molecule has 102 valence electrons. The predicted octanol–water partition coefficient (Wildman–Crippen LogP) is 0.445. The third kappa shape index (κ3) is 3.32. The highest BCUT2D eigenvalue weighted by molar-refractivity contribution is 7.91. The van der Waals surface area contributed by atoms with Crippen LogP contribution in [0.15, 0.2) is 29.2 Å². The number of nitriles is 1. The summed E-state index contributed by atoms with van der Waals surface area (Å²) >= 11 is 0. The van der Waals surface area contributed by atoms with E-state index in [-0.39, 0.29) is 16.7 Å². The van der Waals surface area contributed by atoms with Crippen LogP contribution >= 0.6 is 0 Å². The Morgan fingerprint density at radius 3 is 2.63 bits per heavy atom. The Bertz CT molecular complexity index is 569. The van der Waals surface area contributed by atoms with E-state index in [1.807, 2.05) is 6.07 Å². The second-order valence-electron chi connectivity index (χ2n) is 4.69. The molecule has 1 heterocycles. The van der Waals surface area contributed by atoms with Crippen LogP contribution in [0.4, 0.5) is 0 Å². The summed E-state index contributed by atoms with van der Waals surface area (Å²) in [7, 11) is -3.52. The number of hydrogen-bond donors (Lipinski definition) is 2. The zero-order valence-corrected chi connectivity index (χ0v) is 11.2. The van der Waals surface area contributed by atoms with Crippen molar-refractivity contribution in [3.63, 3.8) is 0 Å². The number of nitrogens with one attached hydrogen (secondary N) is 1. The summed E-state index contributed by atoms with van der Waals surface area (Å²) in [5.74, 6) is -0.295. The van der Waals surface area contributed by atoms with Crippen molar-refractivity contribution in [3.05, 3.63) is 29.8 Å². The number of nitrogens with zero attached hydrogens (tertiary/aromatic N) is 1. The van der Waals surface area contributed by atoms with E-state index in [9.17, 15) is 13.5 Å². The van der Waals surface area contributed by atoms with Crippen LogP contribution in [0, 0.1) is 11.3 Å². The highest BCUT2D eigenvalue weighted by Gasteiger charge is 2.28. The minimum Gasteiger partial charge on any atom is -0.390 e. The molecule has 0 radical (unpaired) electrons. The fourth-order valence-electron chi connectivity index (χ4n) is 2.21. The molecule has 0 saturated carbocycles. The first-order valence-corrected chi connectivity index (χ1v) is 7.82. The first-order chi connectivity index (χ1) is 9.03. The molecule has 2 N–H and O–H groups in total. The summed E-state index contributed by atoms with van der Waals surface area (Å²) in [6, 6.07) is 7.53. The standard InChI is InChI=1S/C13H16N2O3S/c14-8-10-3-5-11(6-4-10)19(17,18)9-13(16)12-2-1-7-15-12/h3-6,12-13,15-16H,1-2,7,9H2/t12-,13+/m0/s1. The van der Waals surface area contributed by atoms with Crippen molar-refractivity contribution in [1.82, 2.24) is 5.32 Å². The summed E-state index contributed by atoms with van der Waals surface area (Å²) in [4.78, 5) is 0.142. The molecule has 0 aliphatic carbocycles. The van der Waals surface area contributed by atoms with Gasteiger partial charge in [-0.2, -0.15) is 5.26 Å². The number of benzene rings is 1. The van der Waals surface area contributed by atoms with Crippen LogP contribution in [0.2, 0.25) is 0 Å². The summed E-state index contributed by atoms with van der Waals surface area (Å²) in [6.45, 7) is 0.818. The highest BCUT2D eigenvalue weighted by atomic mass is 32.2. The molecule has 1 aromatic rings. The third-order valence-electron chi connectivity index (χ3n) is 3.30. The molecular weight excluding hydrogens is 264 g/mol. The van der Waals surface area contributed by atoms with Crippen LogP contribution in [0.25, 0.3) is 0 Å². The van der Waals surface area contributed by atoms with Gasteiger partial charge < -0.3 is 10.4 Å². The van der Waals surface area contributed by atoms with Crippen molar-refractivity contribution in [2.75, 3.05) is 12.3 Å². The Kier molecular flexibility index (Phi) is 4.20. The van der Waals surface area contributed by atoms with Crippen molar-refractivity contribution in [1.29, 1.82) is 5.26 Å². The van der Waals surface area contributed by atoms with Crippen LogP contribution in [-0.2, 0) is 9.84 Å². The maximum atomic E-state index is 12.1. The molecule has 0 unspecified atom stereocenters. The molecule has 0 aromatic heterocycles. The van der Waals surface area contributed by atoms with E-state index >= 15 is 0 Å². The normalized spacial score (nSPS) is 20.9. The van der Waals surface area contributed by atoms with Gasteiger partial charge in [0.05, 0.1) is 28.4 Å². The van der Waals surface area contributed by atoms with Gasteiger partial charge in [-0.25, -0.2) is 8.42 Å². The molecule has 2 rings (SSSR count). The van der Waals surface area contributed by atoms with Gasteiger partial charge in [-0.05, 0) is 43.7 Å². The molecule has 19 heavy (non-hydrogen) atoms. The van der Waals surface area contributed by atoms with Gasteiger partial charge in [0.2, 0.25) is 0 Å². The fourth-order valence-corrected chi connectivity index (χ4v) is 3.64. The topological polar surface area (TPSA) is 90.2 Å². The van der Waals surface area contributed by atoms with Crippen molar-refractivity contribution in [3.8, 4) is 6.07 Å². The van der Waals surface area contributed by atoms with Crippen molar-refractivity contribution in [2.45, 2.75) is 29.9 Å². The maximum absolute atomic E-state index is 12.1. The number of rotatable bonds is 4. The fraction of sp³-hybridized carbons (Fsp3) is 0.462. The molecule has 0 amide bonds. The molecule has 1 aromatic carbocycles. The van der Waals surface area contributed by atoms with Gasteiger partial charge in [0.25, 0.3) is 0 Å². The Balaban J connectivity index is 2.10. The lowest BCUT2D eigenvalue weighted by atomic mass is 10.1. The van der Waals surface area contributed by atoms with Crippen molar-refractivity contribution in [2.24, 2.45) is 0 Å². The molecule has 1 fully saturated rings. The number of aliphatic hydroxyl groups is 1. The van der Waals surface area contributed by atoms with Crippen LogP contribution in [0.3, 0.4) is 0 Å². The van der Waals surface area contributed by atoms with Gasteiger partial charge in [-0.15, -0.1) is 0 Å². The first kappa shape index (κ1) is 14.0. The van der Waals surface area contributed by atoms with Crippen LogP contribution < -0.4 is 5.32 Å². The molecule has 2 atom stereocenters. The lowest BCUT2D eigenvalue weighted by Gasteiger charge is -2.18. The smallest absolute Gasteiger partial charge is 0.180 e. The van der Waals surface area contributed by atoms with Gasteiger partial charge in [-0.1, -0.05) is 0 Å². The van der Waals surface area contributed by atoms with Gasteiger partial charge in [-0.3, -0.25) is 0 Å². The summed E-state index contributed by atoms with van der Waals surface area (Å²) < 4.78 is 24.3. The minimum atomic E-state index is -3.52. The molecule has 1 aliphatic heterocycles. The lowest BCUT2D eigenvalue weighted by molar-refractivity contribution is 0.157. The lowest BCUT2D eigenvalue weighted by Crippen LogP contribution is -2.39. The van der Waals surface area contributed by atoms with E-state index in [1.165, 1.54) is 24.3 Å². The van der Waals surface area contributed by atoms with Gasteiger partial charge in [0, 0.05) is 6.04 Å². The average Bonchev–Trinajstić information content (AvgIpc) is 2.92.